The summed E-state index contributed by atoms with van der Waals surface area (Å²) >= 11 is 0. The molecule has 0 radical (unpaired) electrons. The summed E-state index contributed by atoms with van der Waals surface area (Å²) in [5.74, 6) is 1.78. The van der Waals surface area contributed by atoms with Gasteiger partial charge in [-0.1, -0.05) is 5.16 Å². The monoisotopic (exact) mass is 281 g/mol. The van der Waals surface area contributed by atoms with Gasteiger partial charge in [0.2, 0.25) is 0 Å². The van der Waals surface area contributed by atoms with Gasteiger partial charge in [0.15, 0.2) is 11.8 Å². The van der Waals surface area contributed by atoms with Gasteiger partial charge in [0, 0.05) is 13.1 Å². The lowest BCUT2D eigenvalue weighted by Crippen LogP contribution is -2.37. The van der Waals surface area contributed by atoms with Gasteiger partial charge in [-0.25, -0.2) is 0 Å². The van der Waals surface area contributed by atoms with Crippen molar-refractivity contribution in [3.05, 3.63) is 11.7 Å². The van der Waals surface area contributed by atoms with Crippen molar-refractivity contribution < 1.29 is 9.26 Å². The molecule has 1 aliphatic heterocycles. The standard InChI is InChI=1S/C13H23N5O2/c1-4-18(5-2)13(14)15-8-10-6-7-11(19-10)12-16-9(3)17-20-12/h10-11H,4-8H2,1-3H3,(H2,14,15)/t10-,11+/m1/s1. The molecule has 1 aromatic rings. The van der Waals surface area contributed by atoms with Gasteiger partial charge in [0.25, 0.3) is 5.89 Å². The third-order valence-electron chi connectivity index (χ3n) is 3.47. The summed E-state index contributed by atoms with van der Waals surface area (Å²) in [5, 5.41) is 3.79. The molecule has 2 atom stereocenters. The molecule has 0 unspecified atom stereocenters. The predicted molar refractivity (Wildman–Crippen MR) is 75.3 cm³/mol. The zero-order chi connectivity index (χ0) is 14.5. The molecule has 7 nitrogen and oxygen atoms in total. The van der Waals surface area contributed by atoms with E-state index in [4.69, 9.17) is 15.0 Å². The lowest BCUT2D eigenvalue weighted by atomic mass is 10.2. The van der Waals surface area contributed by atoms with E-state index in [-0.39, 0.29) is 12.2 Å². The smallest absolute Gasteiger partial charge is 0.255 e. The van der Waals surface area contributed by atoms with Crippen molar-refractivity contribution in [3.63, 3.8) is 0 Å². The number of rotatable bonds is 5. The van der Waals surface area contributed by atoms with Crippen molar-refractivity contribution in [2.75, 3.05) is 19.6 Å². The van der Waals surface area contributed by atoms with Crippen LogP contribution in [0.1, 0.15) is 44.5 Å². The number of ether oxygens (including phenoxy) is 1. The molecule has 1 aromatic heterocycles. The fourth-order valence-electron chi connectivity index (χ4n) is 2.31. The van der Waals surface area contributed by atoms with Crippen LogP contribution in [0, 0.1) is 6.92 Å². The first-order valence-electron chi connectivity index (χ1n) is 7.14. The molecular formula is C13H23N5O2. The quantitative estimate of drug-likeness (QED) is 0.645. The van der Waals surface area contributed by atoms with Crippen LogP contribution in [0.5, 0.6) is 0 Å². The molecule has 0 bridgehead atoms. The molecule has 7 heteroatoms. The Morgan fingerprint density at radius 1 is 1.40 bits per heavy atom. The zero-order valence-electron chi connectivity index (χ0n) is 12.4. The molecule has 2 rings (SSSR count). The number of guanidine groups is 1. The number of hydrogen-bond donors (Lipinski definition) is 1. The molecule has 0 aromatic carbocycles. The van der Waals surface area contributed by atoms with E-state index in [1.165, 1.54) is 0 Å². The first-order valence-corrected chi connectivity index (χ1v) is 7.14. The Labute approximate surface area is 119 Å². The Hall–Kier alpha value is -1.63. The summed E-state index contributed by atoms with van der Waals surface area (Å²) in [6.45, 7) is 8.22. The first kappa shape index (κ1) is 14.8. The lowest BCUT2D eigenvalue weighted by Gasteiger charge is -2.20. The van der Waals surface area contributed by atoms with Crippen LogP contribution in [-0.4, -0.2) is 46.7 Å². The summed E-state index contributed by atoms with van der Waals surface area (Å²) < 4.78 is 11.0. The average Bonchev–Trinajstić information content (AvgIpc) is 3.06. The third-order valence-corrected chi connectivity index (χ3v) is 3.47. The van der Waals surface area contributed by atoms with E-state index < -0.39 is 0 Å². The van der Waals surface area contributed by atoms with Crippen LogP contribution < -0.4 is 5.73 Å². The van der Waals surface area contributed by atoms with Gasteiger partial charge in [-0.3, -0.25) is 4.99 Å². The van der Waals surface area contributed by atoms with E-state index in [1.807, 2.05) is 4.90 Å². The molecule has 0 amide bonds. The summed E-state index contributed by atoms with van der Waals surface area (Å²) in [5.41, 5.74) is 5.95. The maximum atomic E-state index is 5.95. The number of hydrogen-bond acceptors (Lipinski definition) is 5. The number of aliphatic imine (C=N–C) groups is 1. The molecule has 0 saturated carbocycles. The van der Waals surface area contributed by atoms with E-state index in [1.54, 1.807) is 6.92 Å². The number of aryl methyl sites for hydroxylation is 1. The summed E-state index contributed by atoms with van der Waals surface area (Å²) in [6, 6.07) is 0. The molecule has 2 heterocycles. The third kappa shape index (κ3) is 3.47. The SMILES string of the molecule is CCN(CC)C(N)=NC[C@H]1CC[C@@H](c2nc(C)no2)O1. The number of nitrogens with zero attached hydrogens (tertiary/aromatic N) is 4. The van der Waals surface area contributed by atoms with Gasteiger partial charge in [0.05, 0.1) is 12.6 Å². The number of nitrogens with two attached hydrogens (primary N) is 1. The maximum Gasteiger partial charge on any atom is 0.255 e. The average molecular weight is 281 g/mol. The van der Waals surface area contributed by atoms with Gasteiger partial charge < -0.3 is 19.9 Å². The van der Waals surface area contributed by atoms with E-state index >= 15 is 0 Å². The summed E-state index contributed by atoms with van der Waals surface area (Å²) in [4.78, 5) is 10.6. The molecule has 112 valence electrons. The lowest BCUT2D eigenvalue weighted by molar-refractivity contribution is 0.0308. The van der Waals surface area contributed by atoms with E-state index in [2.05, 4.69) is 29.0 Å². The highest BCUT2D eigenvalue weighted by Crippen LogP contribution is 2.31. The minimum absolute atomic E-state index is 0.0707. The second kappa shape index (κ2) is 6.69. The fraction of sp³-hybridized carbons (Fsp3) is 0.769. The van der Waals surface area contributed by atoms with Crippen molar-refractivity contribution in [1.29, 1.82) is 0 Å². The predicted octanol–water partition coefficient (Wildman–Crippen LogP) is 1.25. The maximum absolute atomic E-state index is 5.95. The Morgan fingerprint density at radius 3 is 2.75 bits per heavy atom. The topological polar surface area (TPSA) is 89.8 Å². The van der Waals surface area contributed by atoms with Gasteiger partial charge in [-0.2, -0.15) is 4.98 Å². The largest absolute Gasteiger partial charge is 0.370 e. The van der Waals surface area contributed by atoms with E-state index in [0.717, 1.165) is 25.9 Å². The molecule has 1 fully saturated rings. The highest BCUT2D eigenvalue weighted by atomic mass is 16.5. The highest BCUT2D eigenvalue weighted by Gasteiger charge is 2.30. The Kier molecular flexibility index (Phi) is 4.94. The molecule has 0 spiro atoms. The van der Waals surface area contributed by atoms with Crippen molar-refractivity contribution in [3.8, 4) is 0 Å². The molecule has 1 aliphatic rings. The van der Waals surface area contributed by atoms with Crippen LogP contribution in [0.25, 0.3) is 0 Å². The Balaban J connectivity index is 1.86. The van der Waals surface area contributed by atoms with Gasteiger partial charge in [0.1, 0.15) is 6.10 Å². The summed E-state index contributed by atoms with van der Waals surface area (Å²) in [7, 11) is 0. The van der Waals surface area contributed by atoms with Gasteiger partial charge in [-0.15, -0.1) is 0 Å². The van der Waals surface area contributed by atoms with E-state index in [0.29, 0.717) is 24.2 Å². The second-order valence-electron chi connectivity index (χ2n) is 4.88. The Morgan fingerprint density at radius 2 is 2.15 bits per heavy atom. The first-order chi connectivity index (χ1) is 9.63. The van der Waals surface area contributed by atoms with Gasteiger partial charge >= 0.3 is 0 Å². The normalized spacial score (nSPS) is 23.2. The molecule has 1 saturated heterocycles. The zero-order valence-corrected chi connectivity index (χ0v) is 12.4. The van der Waals surface area contributed by atoms with E-state index in [9.17, 15) is 0 Å². The second-order valence-corrected chi connectivity index (χ2v) is 4.88. The highest BCUT2D eigenvalue weighted by molar-refractivity contribution is 5.78. The van der Waals surface area contributed by atoms with Crippen LogP contribution >= 0.6 is 0 Å². The summed E-state index contributed by atoms with van der Waals surface area (Å²) in [6.07, 6.45) is 1.78. The van der Waals surface area contributed by atoms with Crippen LogP contribution in [0.4, 0.5) is 0 Å². The van der Waals surface area contributed by atoms with Gasteiger partial charge in [-0.05, 0) is 33.6 Å². The molecule has 0 aliphatic carbocycles. The van der Waals surface area contributed by atoms with Crippen molar-refractivity contribution >= 4 is 5.96 Å². The molecule has 20 heavy (non-hydrogen) atoms. The molecular weight excluding hydrogens is 258 g/mol. The van der Waals surface area contributed by atoms with Crippen molar-refractivity contribution in [1.82, 2.24) is 15.0 Å². The minimum atomic E-state index is -0.105. The van der Waals surface area contributed by atoms with Crippen LogP contribution in [-0.2, 0) is 4.74 Å². The fourth-order valence-corrected chi connectivity index (χ4v) is 2.31. The van der Waals surface area contributed by atoms with Crippen LogP contribution in [0.2, 0.25) is 0 Å². The van der Waals surface area contributed by atoms with Crippen LogP contribution in [0.3, 0.4) is 0 Å². The Bertz CT molecular complexity index is 455. The van der Waals surface area contributed by atoms with Crippen LogP contribution in [0.15, 0.2) is 9.52 Å². The van der Waals surface area contributed by atoms with Crippen molar-refractivity contribution in [2.24, 2.45) is 10.7 Å². The van der Waals surface area contributed by atoms with Crippen molar-refractivity contribution in [2.45, 2.75) is 45.8 Å². The molecule has 2 N–H and O–H groups in total. The number of aromatic nitrogens is 2. The minimum Gasteiger partial charge on any atom is -0.370 e.